The van der Waals surface area contributed by atoms with E-state index in [1.165, 1.54) is 24.3 Å². The molecule has 2 heterocycles. The molecule has 43 heavy (non-hydrogen) atoms. The summed E-state index contributed by atoms with van der Waals surface area (Å²) in [5, 5.41) is 115. The predicted octanol–water partition coefficient (Wildman–Crippen LogP) is 2.70. The number of phenolic OH excluding ortho intramolecular Hbond substituents is 9. The van der Waals surface area contributed by atoms with Crippen molar-refractivity contribution in [1.82, 2.24) is 0 Å². The van der Waals surface area contributed by atoms with Crippen LogP contribution >= 0.6 is 0 Å². The van der Waals surface area contributed by atoms with Gasteiger partial charge in [0.1, 0.15) is 34.9 Å². The number of aromatic hydroxyl groups is 9. The largest absolute Gasteiger partial charge is 0.508 e. The van der Waals surface area contributed by atoms with Gasteiger partial charge in [0.05, 0.1) is 6.10 Å². The van der Waals surface area contributed by atoms with E-state index in [2.05, 4.69) is 0 Å². The number of hydrogen-bond acceptors (Lipinski definition) is 13. The third-order valence-electron chi connectivity index (χ3n) is 7.79. The molecule has 0 aromatic heterocycles. The van der Waals surface area contributed by atoms with Crippen LogP contribution in [-0.2, 0) is 6.42 Å². The molecule has 0 amide bonds. The number of phenols is 9. The maximum Gasteiger partial charge on any atom is 0.200 e. The van der Waals surface area contributed by atoms with Crippen molar-refractivity contribution in [3.63, 3.8) is 0 Å². The summed E-state index contributed by atoms with van der Waals surface area (Å²) in [6.07, 6.45) is -5.66. The molecule has 13 heteroatoms. The monoisotopic (exact) mass is 594 g/mol. The van der Waals surface area contributed by atoms with E-state index in [-0.39, 0.29) is 51.5 Å². The summed E-state index contributed by atoms with van der Waals surface area (Å²) in [4.78, 5) is 0. The predicted molar refractivity (Wildman–Crippen MR) is 145 cm³/mol. The lowest BCUT2D eigenvalue weighted by Crippen LogP contribution is -2.35. The molecule has 0 saturated carbocycles. The molecule has 13 nitrogen and oxygen atoms in total. The van der Waals surface area contributed by atoms with Crippen LogP contribution in [-0.4, -0.2) is 68.4 Å². The summed E-state index contributed by atoms with van der Waals surface area (Å²) in [6, 6.07) is 9.44. The zero-order chi connectivity index (χ0) is 30.9. The topological polar surface area (TPSA) is 241 Å². The second-order valence-electron chi connectivity index (χ2n) is 10.5. The first-order chi connectivity index (χ1) is 20.3. The van der Waals surface area contributed by atoms with Gasteiger partial charge >= 0.3 is 0 Å². The molecule has 6 rings (SSSR count). The van der Waals surface area contributed by atoms with E-state index in [1.807, 2.05) is 0 Å². The molecule has 0 bridgehead atoms. The van der Waals surface area contributed by atoms with Gasteiger partial charge in [0.2, 0.25) is 0 Å². The molecular weight excluding hydrogens is 568 g/mol. The van der Waals surface area contributed by atoms with E-state index >= 15 is 0 Å². The molecule has 0 unspecified atom stereocenters. The Labute approximate surface area is 242 Å². The lowest BCUT2D eigenvalue weighted by molar-refractivity contribution is 0.00649. The van der Waals surface area contributed by atoms with Crippen molar-refractivity contribution in [2.45, 2.75) is 36.8 Å². The van der Waals surface area contributed by atoms with Gasteiger partial charge in [0.25, 0.3) is 0 Å². The molecule has 4 aromatic rings. The van der Waals surface area contributed by atoms with Gasteiger partial charge in [-0.3, -0.25) is 0 Å². The van der Waals surface area contributed by atoms with Crippen LogP contribution in [0, 0.1) is 0 Å². The van der Waals surface area contributed by atoms with Crippen molar-refractivity contribution in [2.75, 3.05) is 0 Å². The average Bonchev–Trinajstić information content (AvgIpc) is 2.95. The van der Waals surface area contributed by atoms with E-state index in [0.717, 1.165) is 24.3 Å². The summed E-state index contributed by atoms with van der Waals surface area (Å²) < 4.78 is 11.8. The van der Waals surface area contributed by atoms with Gasteiger partial charge in [-0.15, -0.1) is 0 Å². The Kier molecular flexibility index (Phi) is 6.36. The zero-order valence-corrected chi connectivity index (χ0v) is 21.9. The lowest BCUT2D eigenvalue weighted by atomic mass is 9.78. The second-order valence-corrected chi connectivity index (χ2v) is 10.5. The summed E-state index contributed by atoms with van der Waals surface area (Å²) in [5.41, 5.74) is 0.278. The fourth-order valence-corrected chi connectivity index (χ4v) is 5.74. The Morgan fingerprint density at radius 1 is 0.558 bits per heavy atom. The van der Waals surface area contributed by atoms with Crippen molar-refractivity contribution in [1.29, 1.82) is 0 Å². The average molecular weight is 595 g/mol. The molecule has 2 aliphatic heterocycles. The molecule has 224 valence electrons. The third-order valence-corrected chi connectivity index (χ3v) is 7.79. The Morgan fingerprint density at radius 3 is 1.67 bits per heavy atom. The van der Waals surface area contributed by atoms with Crippen molar-refractivity contribution < 1.29 is 65.6 Å². The normalized spacial score (nSPS) is 22.6. The smallest absolute Gasteiger partial charge is 0.200 e. The van der Waals surface area contributed by atoms with Gasteiger partial charge in [0.15, 0.2) is 46.7 Å². The van der Waals surface area contributed by atoms with Gasteiger partial charge in [-0.2, -0.15) is 0 Å². The Hall–Kier alpha value is -5.40. The molecule has 5 atom stereocenters. The zero-order valence-electron chi connectivity index (χ0n) is 21.9. The highest BCUT2D eigenvalue weighted by molar-refractivity contribution is 5.64. The molecule has 4 aromatic carbocycles. The van der Waals surface area contributed by atoms with E-state index < -0.39 is 76.3 Å². The number of fused-ring (bicyclic) bond motifs is 2. The first kappa shape index (κ1) is 27.8. The minimum Gasteiger partial charge on any atom is -0.508 e. The third kappa shape index (κ3) is 4.42. The standard InChI is InChI=1S/C30H26O13/c31-12-1-2-13-21(7-12)43-30(11-5-18(35)27(40)19(36)6-11)28(41)23(13)24-15(32)9-22-14(25(24)38)8-20(37)29(42-22)10-3-16(33)26(39)17(34)4-10/h1-7,9,20,23,28-41H,8H2/t20-,23+,28+,29-,30-/m1/s1. The number of hydrogen-bond donors (Lipinski definition) is 11. The number of ether oxygens (including phenoxy) is 2. The van der Waals surface area contributed by atoms with Crippen molar-refractivity contribution >= 4 is 0 Å². The Morgan fingerprint density at radius 2 is 1.09 bits per heavy atom. The highest BCUT2D eigenvalue weighted by atomic mass is 16.5. The summed E-state index contributed by atoms with van der Waals surface area (Å²) in [5.74, 6) is -6.70. The molecule has 2 aliphatic rings. The van der Waals surface area contributed by atoms with Crippen molar-refractivity contribution in [3.8, 4) is 63.2 Å². The minimum absolute atomic E-state index is 0.0261. The minimum atomic E-state index is -1.58. The molecule has 0 aliphatic carbocycles. The maximum absolute atomic E-state index is 11.6. The van der Waals surface area contributed by atoms with Crippen LogP contribution in [0.25, 0.3) is 0 Å². The van der Waals surface area contributed by atoms with Crippen LogP contribution in [0.15, 0.2) is 48.5 Å². The van der Waals surface area contributed by atoms with Crippen LogP contribution < -0.4 is 9.47 Å². The number of aliphatic hydroxyl groups excluding tert-OH is 2. The van der Waals surface area contributed by atoms with Crippen LogP contribution in [0.2, 0.25) is 0 Å². The number of benzene rings is 4. The van der Waals surface area contributed by atoms with Crippen molar-refractivity contribution in [2.24, 2.45) is 0 Å². The fourth-order valence-electron chi connectivity index (χ4n) is 5.74. The number of aliphatic hydroxyl groups is 2. The van der Waals surface area contributed by atoms with Gasteiger partial charge < -0.3 is 65.6 Å². The first-order valence-corrected chi connectivity index (χ1v) is 12.9. The van der Waals surface area contributed by atoms with E-state index in [4.69, 9.17) is 9.47 Å². The van der Waals surface area contributed by atoms with Crippen LogP contribution in [0.5, 0.6) is 63.2 Å². The van der Waals surface area contributed by atoms with Crippen LogP contribution in [0.3, 0.4) is 0 Å². The Balaban J connectivity index is 1.45. The number of rotatable bonds is 3. The van der Waals surface area contributed by atoms with Crippen LogP contribution in [0.1, 0.15) is 45.9 Å². The SMILES string of the molecule is Oc1ccc2c(c1)O[C@H](c1cc(O)c(O)c(O)c1)[C@@H](O)[C@@H]2c1c(O)cc2c(c1O)C[C@@H](O)[C@@H](c1cc(O)c(O)c(O)c1)O2. The second kappa shape index (κ2) is 9.86. The molecule has 0 radical (unpaired) electrons. The Bertz CT molecular complexity index is 1720. The lowest BCUT2D eigenvalue weighted by Gasteiger charge is -2.39. The van der Waals surface area contributed by atoms with Gasteiger partial charge in [0, 0.05) is 52.3 Å². The van der Waals surface area contributed by atoms with Gasteiger partial charge in [-0.1, -0.05) is 6.07 Å². The highest BCUT2D eigenvalue weighted by Gasteiger charge is 2.44. The first-order valence-electron chi connectivity index (χ1n) is 12.9. The summed E-state index contributed by atoms with van der Waals surface area (Å²) >= 11 is 0. The van der Waals surface area contributed by atoms with E-state index in [9.17, 15) is 56.2 Å². The van der Waals surface area contributed by atoms with Gasteiger partial charge in [-0.25, -0.2) is 0 Å². The van der Waals surface area contributed by atoms with Crippen molar-refractivity contribution in [3.05, 3.63) is 76.3 Å². The van der Waals surface area contributed by atoms with Gasteiger partial charge in [-0.05, 0) is 30.3 Å². The van der Waals surface area contributed by atoms with Crippen LogP contribution in [0.4, 0.5) is 0 Å². The van der Waals surface area contributed by atoms with E-state index in [0.29, 0.717) is 0 Å². The molecule has 0 spiro atoms. The van der Waals surface area contributed by atoms with E-state index in [1.54, 1.807) is 0 Å². The molecule has 11 N–H and O–H groups in total. The molecular formula is C30H26O13. The molecule has 0 fully saturated rings. The molecule has 0 saturated heterocycles. The fraction of sp³-hybridized carbons (Fsp3) is 0.200. The summed E-state index contributed by atoms with van der Waals surface area (Å²) in [7, 11) is 0. The highest BCUT2D eigenvalue weighted by Crippen LogP contribution is 2.55. The summed E-state index contributed by atoms with van der Waals surface area (Å²) in [6.45, 7) is 0. The quantitative estimate of drug-likeness (QED) is 0.153. The maximum atomic E-state index is 11.6.